The molecule has 3 nitrogen and oxygen atoms in total. The van der Waals surface area contributed by atoms with Gasteiger partial charge in [0, 0.05) is 25.0 Å². The van der Waals surface area contributed by atoms with Gasteiger partial charge in [0.25, 0.3) is 0 Å². The fourth-order valence-corrected chi connectivity index (χ4v) is 3.29. The second-order valence-electron chi connectivity index (χ2n) is 5.54. The maximum absolute atomic E-state index is 11.9. The summed E-state index contributed by atoms with van der Waals surface area (Å²) in [4.78, 5) is 14.0. The van der Waals surface area contributed by atoms with Gasteiger partial charge in [-0.25, -0.2) is 0 Å². The maximum atomic E-state index is 11.9. The van der Waals surface area contributed by atoms with E-state index >= 15 is 0 Å². The van der Waals surface area contributed by atoms with Crippen LogP contribution in [-0.2, 0) is 4.79 Å². The average molecular weight is 208 g/mol. The van der Waals surface area contributed by atoms with Gasteiger partial charge in [-0.2, -0.15) is 0 Å². The maximum Gasteiger partial charge on any atom is 0.225 e. The number of nitrogens with zero attached hydrogens (tertiary/aromatic N) is 1. The third kappa shape index (κ3) is 1.67. The van der Waals surface area contributed by atoms with Gasteiger partial charge < -0.3 is 10.6 Å². The molecule has 2 saturated carbocycles. The SMILES string of the molecule is NC1CCCC2CN(C(=O)C3CC3)CC12. The van der Waals surface area contributed by atoms with Crippen LogP contribution in [0.4, 0.5) is 0 Å². The van der Waals surface area contributed by atoms with Crippen molar-refractivity contribution >= 4 is 5.91 Å². The van der Waals surface area contributed by atoms with Crippen LogP contribution in [0.1, 0.15) is 32.1 Å². The highest BCUT2D eigenvalue weighted by Crippen LogP contribution is 2.38. The molecule has 1 saturated heterocycles. The quantitative estimate of drug-likeness (QED) is 0.698. The van der Waals surface area contributed by atoms with Crippen molar-refractivity contribution in [3.05, 3.63) is 0 Å². The molecule has 0 radical (unpaired) electrons. The van der Waals surface area contributed by atoms with Gasteiger partial charge in [-0.3, -0.25) is 4.79 Å². The minimum atomic E-state index is 0.348. The first kappa shape index (κ1) is 9.64. The molecule has 2 aliphatic carbocycles. The molecule has 1 amide bonds. The second-order valence-corrected chi connectivity index (χ2v) is 5.54. The van der Waals surface area contributed by atoms with E-state index in [1.807, 2.05) is 0 Å². The molecule has 0 bridgehead atoms. The fourth-order valence-electron chi connectivity index (χ4n) is 3.29. The van der Waals surface area contributed by atoms with E-state index in [-0.39, 0.29) is 0 Å². The molecule has 15 heavy (non-hydrogen) atoms. The zero-order valence-electron chi connectivity index (χ0n) is 9.19. The lowest BCUT2D eigenvalue weighted by molar-refractivity contribution is -0.131. The molecule has 0 aromatic rings. The van der Waals surface area contributed by atoms with E-state index in [9.17, 15) is 4.79 Å². The van der Waals surface area contributed by atoms with Crippen LogP contribution in [0.25, 0.3) is 0 Å². The summed E-state index contributed by atoms with van der Waals surface area (Å²) in [6.07, 6.45) is 5.95. The number of carbonyl (C=O) groups is 1. The highest BCUT2D eigenvalue weighted by atomic mass is 16.2. The molecule has 3 unspecified atom stereocenters. The molecule has 0 aromatic heterocycles. The average Bonchev–Trinajstić information content (AvgIpc) is 2.97. The molecule has 3 aliphatic rings. The molecule has 3 fully saturated rings. The molecule has 3 heteroatoms. The number of carbonyl (C=O) groups excluding carboxylic acids is 1. The van der Waals surface area contributed by atoms with E-state index in [2.05, 4.69) is 4.90 Å². The third-order valence-corrected chi connectivity index (χ3v) is 4.39. The predicted molar refractivity (Wildman–Crippen MR) is 58.1 cm³/mol. The van der Waals surface area contributed by atoms with E-state index in [1.165, 1.54) is 12.8 Å². The Morgan fingerprint density at radius 3 is 2.60 bits per heavy atom. The number of rotatable bonds is 1. The molecule has 84 valence electrons. The van der Waals surface area contributed by atoms with Gasteiger partial charge in [-0.15, -0.1) is 0 Å². The minimum Gasteiger partial charge on any atom is -0.342 e. The molecular formula is C12H20N2O. The van der Waals surface area contributed by atoms with Crippen molar-refractivity contribution in [2.24, 2.45) is 23.5 Å². The van der Waals surface area contributed by atoms with Crippen molar-refractivity contribution in [3.63, 3.8) is 0 Å². The van der Waals surface area contributed by atoms with E-state index < -0.39 is 0 Å². The lowest BCUT2D eigenvalue weighted by atomic mass is 9.78. The van der Waals surface area contributed by atoms with Crippen molar-refractivity contribution in [2.75, 3.05) is 13.1 Å². The van der Waals surface area contributed by atoms with Gasteiger partial charge >= 0.3 is 0 Å². The zero-order chi connectivity index (χ0) is 10.4. The van der Waals surface area contributed by atoms with Gasteiger partial charge in [0.05, 0.1) is 0 Å². The lowest BCUT2D eigenvalue weighted by Gasteiger charge is -2.29. The number of likely N-dealkylation sites (tertiary alicyclic amines) is 1. The minimum absolute atomic E-state index is 0.348. The van der Waals surface area contributed by atoms with E-state index in [0.29, 0.717) is 29.7 Å². The predicted octanol–water partition coefficient (Wildman–Crippen LogP) is 0.982. The zero-order valence-corrected chi connectivity index (χ0v) is 9.19. The van der Waals surface area contributed by atoms with Gasteiger partial charge in [0.15, 0.2) is 0 Å². The molecule has 3 atom stereocenters. The summed E-state index contributed by atoms with van der Waals surface area (Å²) in [5.74, 6) is 2.09. The van der Waals surface area contributed by atoms with Crippen molar-refractivity contribution in [1.82, 2.24) is 4.90 Å². The summed E-state index contributed by atoms with van der Waals surface area (Å²) in [7, 11) is 0. The van der Waals surface area contributed by atoms with Crippen LogP contribution in [0, 0.1) is 17.8 Å². The number of nitrogens with two attached hydrogens (primary N) is 1. The Hall–Kier alpha value is -0.570. The topological polar surface area (TPSA) is 46.3 Å². The molecule has 1 heterocycles. The molecule has 3 rings (SSSR count). The Labute approximate surface area is 91.0 Å². The Morgan fingerprint density at radius 1 is 1.13 bits per heavy atom. The number of amides is 1. The summed E-state index contributed by atoms with van der Waals surface area (Å²) in [5, 5.41) is 0. The van der Waals surface area contributed by atoms with Gasteiger partial charge in [0.2, 0.25) is 5.91 Å². The van der Waals surface area contributed by atoms with E-state index in [4.69, 9.17) is 5.73 Å². The van der Waals surface area contributed by atoms with Gasteiger partial charge in [-0.1, -0.05) is 6.42 Å². The largest absolute Gasteiger partial charge is 0.342 e. The summed E-state index contributed by atoms with van der Waals surface area (Å²) in [6.45, 7) is 1.94. The smallest absolute Gasteiger partial charge is 0.225 e. The highest BCUT2D eigenvalue weighted by Gasteiger charge is 2.43. The standard InChI is InChI=1S/C12H20N2O/c13-11-3-1-2-9-6-14(7-10(9)11)12(15)8-4-5-8/h8-11H,1-7,13H2. The first-order valence-corrected chi connectivity index (χ1v) is 6.30. The second kappa shape index (κ2) is 3.48. The Balaban J connectivity index is 1.67. The number of hydrogen-bond donors (Lipinski definition) is 1. The van der Waals surface area contributed by atoms with Crippen LogP contribution in [0.3, 0.4) is 0 Å². The molecule has 0 aromatic carbocycles. The summed E-state index contributed by atoms with van der Waals surface area (Å²) < 4.78 is 0. The van der Waals surface area contributed by atoms with Crippen molar-refractivity contribution in [3.8, 4) is 0 Å². The van der Waals surface area contributed by atoms with Crippen LogP contribution < -0.4 is 5.73 Å². The Kier molecular flexibility index (Phi) is 2.23. The van der Waals surface area contributed by atoms with Crippen LogP contribution in [0.2, 0.25) is 0 Å². The number of hydrogen-bond acceptors (Lipinski definition) is 2. The van der Waals surface area contributed by atoms with Gasteiger partial charge in [-0.05, 0) is 37.5 Å². The van der Waals surface area contributed by atoms with Crippen molar-refractivity contribution < 1.29 is 4.79 Å². The van der Waals surface area contributed by atoms with Crippen molar-refractivity contribution in [1.29, 1.82) is 0 Å². The molecular weight excluding hydrogens is 188 g/mol. The lowest BCUT2D eigenvalue weighted by Crippen LogP contribution is -2.38. The third-order valence-electron chi connectivity index (χ3n) is 4.39. The summed E-state index contributed by atoms with van der Waals surface area (Å²) in [5.41, 5.74) is 6.14. The summed E-state index contributed by atoms with van der Waals surface area (Å²) in [6, 6.07) is 0.348. The fraction of sp³-hybridized carbons (Fsp3) is 0.917. The monoisotopic (exact) mass is 208 g/mol. The summed E-state index contributed by atoms with van der Waals surface area (Å²) >= 11 is 0. The molecule has 0 spiro atoms. The van der Waals surface area contributed by atoms with E-state index in [0.717, 1.165) is 32.4 Å². The van der Waals surface area contributed by atoms with Crippen LogP contribution >= 0.6 is 0 Å². The van der Waals surface area contributed by atoms with Crippen LogP contribution in [0.15, 0.2) is 0 Å². The Morgan fingerprint density at radius 2 is 1.93 bits per heavy atom. The molecule has 2 N–H and O–H groups in total. The van der Waals surface area contributed by atoms with Gasteiger partial charge in [0.1, 0.15) is 0 Å². The highest BCUT2D eigenvalue weighted by molar-refractivity contribution is 5.81. The number of fused-ring (bicyclic) bond motifs is 1. The Bertz CT molecular complexity index is 275. The van der Waals surface area contributed by atoms with Crippen LogP contribution in [0.5, 0.6) is 0 Å². The van der Waals surface area contributed by atoms with Crippen molar-refractivity contribution in [2.45, 2.75) is 38.1 Å². The normalized spacial score (nSPS) is 40.3. The first-order chi connectivity index (χ1) is 7.25. The first-order valence-electron chi connectivity index (χ1n) is 6.30. The molecule has 1 aliphatic heterocycles. The van der Waals surface area contributed by atoms with Crippen LogP contribution in [-0.4, -0.2) is 29.9 Å². The van der Waals surface area contributed by atoms with E-state index in [1.54, 1.807) is 0 Å².